The number of likely N-dealkylation sites (tertiary alicyclic amines) is 1. The van der Waals surface area contributed by atoms with Crippen molar-refractivity contribution in [2.24, 2.45) is 5.73 Å². The van der Waals surface area contributed by atoms with E-state index in [1.165, 1.54) is 5.56 Å². The summed E-state index contributed by atoms with van der Waals surface area (Å²) in [6, 6.07) is 11.0. The van der Waals surface area contributed by atoms with Gasteiger partial charge in [0.05, 0.1) is 5.71 Å². The third-order valence-electron chi connectivity index (χ3n) is 4.41. The highest BCUT2D eigenvalue weighted by Gasteiger charge is 2.20. The smallest absolute Gasteiger partial charge is 0.106 e. The molecule has 4 heteroatoms. The van der Waals surface area contributed by atoms with Gasteiger partial charge < -0.3 is 16.5 Å². The molecule has 1 aromatic carbocycles. The minimum absolute atomic E-state index is 0.390. The van der Waals surface area contributed by atoms with Gasteiger partial charge in [-0.15, -0.1) is 0 Å². The van der Waals surface area contributed by atoms with Gasteiger partial charge >= 0.3 is 0 Å². The van der Waals surface area contributed by atoms with E-state index in [9.17, 15) is 0 Å². The maximum Gasteiger partial charge on any atom is 0.106 e. The van der Waals surface area contributed by atoms with E-state index in [0.29, 0.717) is 17.6 Å². The molecule has 1 aromatic rings. The molecule has 2 aliphatic rings. The Morgan fingerprint density at radius 1 is 1.13 bits per heavy atom. The van der Waals surface area contributed by atoms with Crippen LogP contribution in [-0.2, 0) is 6.54 Å². The zero-order chi connectivity index (χ0) is 16.1. The Labute approximate surface area is 137 Å². The highest BCUT2D eigenvalue weighted by Crippen LogP contribution is 2.16. The van der Waals surface area contributed by atoms with E-state index in [4.69, 9.17) is 11.1 Å². The average Bonchev–Trinajstić information content (AvgIpc) is 2.58. The zero-order valence-corrected chi connectivity index (χ0v) is 13.3. The fourth-order valence-corrected chi connectivity index (χ4v) is 3.09. The minimum atomic E-state index is 0.390. The summed E-state index contributed by atoms with van der Waals surface area (Å²) in [6.07, 6.45) is 9.61. The van der Waals surface area contributed by atoms with Crippen LogP contribution < -0.4 is 11.1 Å². The number of nitrogens with two attached hydrogens (primary N) is 1. The number of hydrogen-bond acceptors (Lipinski definition) is 4. The number of allylic oxidation sites excluding steroid dienone is 5. The molecule has 0 radical (unpaired) electrons. The lowest BCUT2D eigenvalue weighted by Gasteiger charge is -2.33. The molecule has 4 N–H and O–H groups in total. The van der Waals surface area contributed by atoms with Gasteiger partial charge in [0.25, 0.3) is 0 Å². The van der Waals surface area contributed by atoms with E-state index in [2.05, 4.69) is 40.5 Å². The third kappa shape index (κ3) is 4.11. The van der Waals surface area contributed by atoms with Crippen molar-refractivity contribution in [3.63, 3.8) is 0 Å². The van der Waals surface area contributed by atoms with Crippen molar-refractivity contribution in [3.05, 3.63) is 71.6 Å². The lowest BCUT2D eigenvalue weighted by Crippen LogP contribution is -2.43. The second kappa shape index (κ2) is 7.29. The number of nitrogens with zero attached hydrogens (tertiary/aromatic N) is 1. The SMILES string of the molecule is N=C1C=CC=C/C1=C(/N)NC1CCN(Cc2ccccc2)CC1. The summed E-state index contributed by atoms with van der Waals surface area (Å²) in [5, 5.41) is 11.3. The van der Waals surface area contributed by atoms with Gasteiger partial charge in [0.1, 0.15) is 5.82 Å². The molecule has 1 fully saturated rings. The van der Waals surface area contributed by atoms with Gasteiger partial charge in [-0.2, -0.15) is 0 Å². The van der Waals surface area contributed by atoms with Gasteiger partial charge in [0, 0.05) is 31.2 Å². The second-order valence-corrected chi connectivity index (χ2v) is 6.14. The van der Waals surface area contributed by atoms with Gasteiger partial charge in [0.15, 0.2) is 0 Å². The maximum absolute atomic E-state index is 7.93. The molecule has 3 rings (SSSR count). The number of nitrogens with one attached hydrogen (secondary N) is 2. The molecule has 1 aliphatic carbocycles. The molecule has 4 nitrogen and oxygen atoms in total. The summed E-state index contributed by atoms with van der Waals surface area (Å²) in [5.41, 5.74) is 8.79. The maximum atomic E-state index is 7.93. The number of rotatable bonds is 4. The Morgan fingerprint density at radius 3 is 2.52 bits per heavy atom. The van der Waals surface area contributed by atoms with E-state index < -0.39 is 0 Å². The Balaban J connectivity index is 1.51. The van der Waals surface area contributed by atoms with Gasteiger partial charge in [-0.05, 0) is 30.6 Å². The van der Waals surface area contributed by atoms with Gasteiger partial charge in [0.2, 0.25) is 0 Å². The molecule has 0 unspecified atom stereocenters. The fourth-order valence-electron chi connectivity index (χ4n) is 3.09. The van der Waals surface area contributed by atoms with Gasteiger partial charge in [-0.1, -0.05) is 42.5 Å². The molecule has 23 heavy (non-hydrogen) atoms. The zero-order valence-electron chi connectivity index (χ0n) is 13.3. The minimum Gasteiger partial charge on any atom is -0.385 e. The summed E-state index contributed by atoms with van der Waals surface area (Å²) in [5.74, 6) is 0.622. The molecule has 1 saturated heterocycles. The third-order valence-corrected chi connectivity index (χ3v) is 4.41. The molecular weight excluding hydrogens is 284 g/mol. The first-order chi connectivity index (χ1) is 11.2. The Morgan fingerprint density at radius 2 is 1.83 bits per heavy atom. The summed E-state index contributed by atoms with van der Waals surface area (Å²) in [7, 11) is 0. The summed E-state index contributed by atoms with van der Waals surface area (Å²) in [6.45, 7) is 3.16. The van der Waals surface area contributed by atoms with Crippen molar-refractivity contribution in [3.8, 4) is 0 Å². The average molecular weight is 308 g/mol. The topological polar surface area (TPSA) is 65.1 Å². The number of benzene rings is 1. The summed E-state index contributed by atoms with van der Waals surface area (Å²) < 4.78 is 0. The molecular formula is C19H24N4. The van der Waals surface area contributed by atoms with Crippen LogP contribution in [0.2, 0.25) is 0 Å². The monoisotopic (exact) mass is 308 g/mol. The first-order valence-electron chi connectivity index (χ1n) is 8.18. The lowest BCUT2D eigenvalue weighted by molar-refractivity contribution is 0.195. The largest absolute Gasteiger partial charge is 0.385 e. The molecule has 1 aliphatic heterocycles. The van der Waals surface area contributed by atoms with E-state index in [0.717, 1.165) is 38.0 Å². The Hall–Kier alpha value is -2.33. The molecule has 1 heterocycles. The first-order valence-corrected chi connectivity index (χ1v) is 8.18. The van der Waals surface area contributed by atoms with E-state index in [1.807, 2.05) is 18.2 Å². The van der Waals surface area contributed by atoms with E-state index in [1.54, 1.807) is 6.08 Å². The molecule has 0 amide bonds. The Kier molecular flexibility index (Phi) is 4.93. The van der Waals surface area contributed by atoms with Crippen LogP contribution >= 0.6 is 0 Å². The quantitative estimate of drug-likeness (QED) is 0.801. The van der Waals surface area contributed by atoms with Crippen molar-refractivity contribution < 1.29 is 0 Å². The predicted octanol–water partition coefficient (Wildman–Crippen LogP) is 2.56. The number of hydrogen-bond donors (Lipinski definition) is 3. The van der Waals surface area contributed by atoms with Crippen molar-refractivity contribution in [2.45, 2.75) is 25.4 Å². The van der Waals surface area contributed by atoms with Crippen LogP contribution in [0.5, 0.6) is 0 Å². The van der Waals surface area contributed by atoms with Crippen LogP contribution in [-0.4, -0.2) is 29.7 Å². The van der Waals surface area contributed by atoms with Crippen LogP contribution in [0, 0.1) is 5.41 Å². The van der Waals surface area contributed by atoms with Gasteiger partial charge in [-0.25, -0.2) is 0 Å². The van der Waals surface area contributed by atoms with Crippen LogP contribution in [0.4, 0.5) is 0 Å². The highest BCUT2D eigenvalue weighted by molar-refractivity contribution is 6.09. The summed E-state index contributed by atoms with van der Waals surface area (Å²) >= 11 is 0. The van der Waals surface area contributed by atoms with Crippen LogP contribution in [0.15, 0.2) is 66.0 Å². The Bertz CT molecular complexity index is 635. The molecule has 0 aromatic heterocycles. The normalized spacial score (nSPS) is 21.5. The standard InChI is InChI=1S/C19H24N4/c20-18-9-5-4-8-17(18)19(21)22-16-10-12-23(13-11-16)14-15-6-2-1-3-7-15/h1-9,16,20,22H,10-14,21H2/b19-17+,20-18?. The van der Waals surface area contributed by atoms with Gasteiger partial charge in [-0.3, -0.25) is 4.90 Å². The molecule has 0 bridgehead atoms. The highest BCUT2D eigenvalue weighted by atomic mass is 15.1. The van der Waals surface area contributed by atoms with E-state index in [-0.39, 0.29) is 0 Å². The first kappa shape index (κ1) is 15.6. The van der Waals surface area contributed by atoms with Crippen molar-refractivity contribution in [1.29, 1.82) is 5.41 Å². The molecule has 120 valence electrons. The van der Waals surface area contributed by atoms with Crippen molar-refractivity contribution in [2.75, 3.05) is 13.1 Å². The van der Waals surface area contributed by atoms with Crippen LogP contribution in [0.3, 0.4) is 0 Å². The molecule has 0 atom stereocenters. The number of piperidine rings is 1. The van der Waals surface area contributed by atoms with Crippen molar-refractivity contribution >= 4 is 5.71 Å². The van der Waals surface area contributed by atoms with Crippen molar-refractivity contribution in [1.82, 2.24) is 10.2 Å². The molecule has 0 saturated carbocycles. The summed E-state index contributed by atoms with van der Waals surface area (Å²) in [4.78, 5) is 2.49. The molecule has 0 spiro atoms. The fraction of sp³-hybridized carbons (Fsp3) is 0.316. The van der Waals surface area contributed by atoms with E-state index >= 15 is 0 Å². The van der Waals surface area contributed by atoms with Crippen LogP contribution in [0.25, 0.3) is 0 Å². The second-order valence-electron chi connectivity index (χ2n) is 6.14. The van der Waals surface area contributed by atoms with Crippen LogP contribution in [0.1, 0.15) is 18.4 Å². The lowest BCUT2D eigenvalue weighted by atomic mass is 10.0. The predicted molar refractivity (Wildman–Crippen MR) is 95.1 cm³/mol.